The first-order valence-corrected chi connectivity index (χ1v) is 7.58. The Labute approximate surface area is 113 Å². The van der Waals surface area contributed by atoms with E-state index in [1.165, 1.54) is 16.4 Å². The molecule has 0 spiro atoms. The molecule has 0 bridgehead atoms. The van der Waals surface area contributed by atoms with E-state index in [4.69, 9.17) is 5.84 Å². The molecule has 1 fully saturated rings. The monoisotopic (exact) mass is 285 g/mol. The molecule has 1 saturated heterocycles. The molecule has 106 valence electrons. The number of piperidine rings is 1. The summed E-state index contributed by atoms with van der Waals surface area (Å²) in [6.07, 6.45) is 1.28. The molecule has 1 aromatic carbocycles. The molecule has 0 aromatic heterocycles. The first-order valence-electron chi connectivity index (χ1n) is 6.14. The van der Waals surface area contributed by atoms with Gasteiger partial charge in [0.1, 0.15) is 0 Å². The van der Waals surface area contributed by atoms with Crippen LogP contribution in [-0.4, -0.2) is 36.5 Å². The topological polar surface area (TPSA) is 95.7 Å². The van der Waals surface area contributed by atoms with E-state index in [9.17, 15) is 13.5 Å². The number of benzene rings is 1. The third-order valence-corrected chi connectivity index (χ3v) is 5.16. The second kappa shape index (κ2) is 5.09. The molecule has 7 heteroatoms. The van der Waals surface area contributed by atoms with Crippen LogP contribution in [0.4, 0.5) is 5.69 Å². The smallest absolute Gasteiger partial charge is 0.243 e. The van der Waals surface area contributed by atoms with E-state index in [1.807, 2.05) is 0 Å². The molecule has 1 atom stereocenters. The zero-order chi connectivity index (χ0) is 14.1. The van der Waals surface area contributed by atoms with Gasteiger partial charge in [0.2, 0.25) is 10.0 Å². The van der Waals surface area contributed by atoms with Gasteiger partial charge in [-0.3, -0.25) is 5.84 Å². The van der Waals surface area contributed by atoms with Crippen LogP contribution in [0, 0.1) is 0 Å². The molecule has 0 saturated carbocycles. The molecular weight excluding hydrogens is 266 g/mol. The summed E-state index contributed by atoms with van der Waals surface area (Å²) >= 11 is 0. The number of hydrazine groups is 1. The third-order valence-electron chi connectivity index (χ3n) is 3.30. The Morgan fingerprint density at radius 1 is 1.37 bits per heavy atom. The Kier molecular flexibility index (Phi) is 3.82. The number of nitrogens with zero attached hydrogens (tertiary/aromatic N) is 1. The molecular formula is C12H19N3O3S. The van der Waals surface area contributed by atoms with Crippen molar-refractivity contribution in [3.63, 3.8) is 0 Å². The van der Waals surface area contributed by atoms with Crippen molar-refractivity contribution < 1.29 is 13.5 Å². The number of nitrogens with two attached hydrogens (primary N) is 1. The van der Waals surface area contributed by atoms with Gasteiger partial charge in [0, 0.05) is 18.8 Å². The summed E-state index contributed by atoms with van der Waals surface area (Å²) < 4.78 is 26.2. The van der Waals surface area contributed by atoms with Crippen LogP contribution in [0.25, 0.3) is 0 Å². The second-order valence-corrected chi connectivity index (χ2v) is 7.05. The number of anilines is 1. The predicted octanol–water partition coefficient (Wildman–Crippen LogP) is 0.508. The lowest BCUT2D eigenvalue weighted by Crippen LogP contribution is -2.48. The van der Waals surface area contributed by atoms with Crippen LogP contribution in [0.5, 0.6) is 0 Å². The summed E-state index contributed by atoms with van der Waals surface area (Å²) in [7, 11) is -3.55. The van der Waals surface area contributed by atoms with Crippen molar-refractivity contribution in [3.05, 3.63) is 24.3 Å². The summed E-state index contributed by atoms with van der Waals surface area (Å²) in [6, 6.07) is 6.23. The van der Waals surface area contributed by atoms with Crippen molar-refractivity contribution >= 4 is 15.7 Å². The Balaban J connectivity index is 2.26. The summed E-state index contributed by atoms with van der Waals surface area (Å²) in [5, 5.41) is 10.0. The number of hydrogen-bond acceptors (Lipinski definition) is 5. The van der Waals surface area contributed by atoms with Gasteiger partial charge in [-0.05, 0) is 44.0 Å². The number of hydrogen-bond donors (Lipinski definition) is 3. The molecule has 1 heterocycles. The molecule has 1 aliphatic heterocycles. The van der Waals surface area contributed by atoms with Gasteiger partial charge in [-0.2, -0.15) is 4.31 Å². The van der Waals surface area contributed by atoms with Crippen LogP contribution in [0.3, 0.4) is 0 Å². The minimum atomic E-state index is -3.55. The Bertz CT molecular complexity index is 540. The van der Waals surface area contributed by atoms with Gasteiger partial charge >= 0.3 is 0 Å². The van der Waals surface area contributed by atoms with E-state index >= 15 is 0 Å². The largest absolute Gasteiger partial charge is 0.389 e. The van der Waals surface area contributed by atoms with E-state index < -0.39 is 15.6 Å². The quantitative estimate of drug-likeness (QED) is 0.555. The lowest BCUT2D eigenvalue weighted by atomic mass is 9.97. The molecule has 4 N–H and O–H groups in total. The van der Waals surface area contributed by atoms with Crippen LogP contribution >= 0.6 is 0 Å². The third kappa shape index (κ3) is 3.06. The average molecular weight is 285 g/mol. The molecule has 0 radical (unpaired) electrons. The lowest BCUT2D eigenvalue weighted by Gasteiger charge is -2.35. The second-order valence-electron chi connectivity index (χ2n) is 5.11. The SMILES string of the molecule is CC1(O)CCCN(S(=O)(=O)c2ccc(NN)cc2)C1. The molecule has 1 aliphatic rings. The highest BCUT2D eigenvalue weighted by atomic mass is 32.2. The van der Waals surface area contributed by atoms with Crippen molar-refractivity contribution in [3.8, 4) is 0 Å². The van der Waals surface area contributed by atoms with Gasteiger partial charge in [0.05, 0.1) is 10.5 Å². The maximum Gasteiger partial charge on any atom is 0.243 e. The van der Waals surface area contributed by atoms with Crippen LogP contribution in [0.2, 0.25) is 0 Å². The van der Waals surface area contributed by atoms with Gasteiger partial charge in [0.15, 0.2) is 0 Å². The Morgan fingerprint density at radius 2 is 2.00 bits per heavy atom. The first kappa shape index (κ1) is 14.3. The van der Waals surface area contributed by atoms with Crippen LogP contribution in [-0.2, 0) is 10.0 Å². The highest BCUT2D eigenvalue weighted by Gasteiger charge is 2.35. The number of nitrogens with one attached hydrogen (secondary N) is 1. The van der Waals surface area contributed by atoms with Crippen molar-refractivity contribution in [1.29, 1.82) is 0 Å². The minimum absolute atomic E-state index is 0.131. The molecule has 0 amide bonds. The summed E-state index contributed by atoms with van der Waals surface area (Å²) in [5.74, 6) is 5.24. The average Bonchev–Trinajstić information content (AvgIpc) is 2.37. The molecule has 6 nitrogen and oxygen atoms in total. The van der Waals surface area contributed by atoms with Gasteiger partial charge in [-0.25, -0.2) is 8.42 Å². The summed E-state index contributed by atoms with van der Waals surface area (Å²) in [5.41, 5.74) is 2.14. The fraction of sp³-hybridized carbons (Fsp3) is 0.500. The number of rotatable bonds is 3. The minimum Gasteiger partial charge on any atom is -0.389 e. The van der Waals surface area contributed by atoms with E-state index in [2.05, 4.69) is 5.43 Å². The Morgan fingerprint density at radius 3 is 2.53 bits per heavy atom. The molecule has 0 aliphatic carbocycles. The van der Waals surface area contributed by atoms with E-state index in [0.29, 0.717) is 25.1 Å². The van der Waals surface area contributed by atoms with Crippen LogP contribution in [0.1, 0.15) is 19.8 Å². The van der Waals surface area contributed by atoms with Crippen molar-refractivity contribution in [2.24, 2.45) is 5.84 Å². The van der Waals surface area contributed by atoms with E-state index in [1.54, 1.807) is 19.1 Å². The zero-order valence-corrected chi connectivity index (χ0v) is 11.7. The number of β-amino-alcohol motifs (C(OH)–C–C–N with tert-alkyl or cyclic N) is 1. The normalized spacial score (nSPS) is 25.2. The molecule has 1 aromatic rings. The molecule has 19 heavy (non-hydrogen) atoms. The van der Waals surface area contributed by atoms with E-state index in [0.717, 1.165) is 0 Å². The van der Waals surface area contributed by atoms with Crippen molar-refractivity contribution in [1.82, 2.24) is 4.31 Å². The molecule has 2 rings (SSSR count). The molecule has 1 unspecified atom stereocenters. The maximum absolute atomic E-state index is 12.4. The van der Waals surface area contributed by atoms with Gasteiger partial charge in [-0.1, -0.05) is 0 Å². The lowest BCUT2D eigenvalue weighted by molar-refractivity contribution is 0.00940. The fourth-order valence-electron chi connectivity index (χ4n) is 2.25. The van der Waals surface area contributed by atoms with Gasteiger partial charge in [-0.15, -0.1) is 0 Å². The van der Waals surface area contributed by atoms with Gasteiger partial charge < -0.3 is 10.5 Å². The number of aliphatic hydroxyl groups is 1. The van der Waals surface area contributed by atoms with Crippen LogP contribution < -0.4 is 11.3 Å². The fourth-order valence-corrected chi connectivity index (χ4v) is 3.85. The number of sulfonamides is 1. The highest BCUT2D eigenvalue weighted by Crippen LogP contribution is 2.26. The summed E-state index contributed by atoms with van der Waals surface area (Å²) in [4.78, 5) is 0.212. The van der Waals surface area contributed by atoms with Crippen molar-refractivity contribution in [2.45, 2.75) is 30.3 Å². The summed E-state index contributed by atoms with van der Waals surface area (Å²) in [6.45, 7) is 2.23. The Hall–Kier alpha value is -1.15. The maximum atomic E-state index is 12.4. The first-order chi connectivity index (χ1) is 8.85. The zero-order valence-electron chi connectivity index (χ0n) is 10.8. The van der Waals surface area contributed by atoms with Gasteiger partial charge in [0.25, 0.3) is 0 Å². The highest BCUT2D eigenvalue weighted by molar-refractivity contribution is 7.89. The predicted molar refractivity (Wildman–Crippen MR) is 72.9 cm³/mol. The number of nitrogen functional groups attached to an aromatic ring is 1. The van der Waals surface area contributed by atoms with E-state index in [-0.39, 0.29) is 11.4 Å². The standard InChI is InChI=1S/C12H19N3O3S/c1-12(16)7-2-8-15(9-12)19(17,18)11-5-3-10(14-13)4-6-11/h3-6,14,16H,2,7-9,13H2,1H3. The van der Waals surface area contributed by atoms with Crippen molar-refractivity contribution in [2.75, 3.05) is 18.5 Å². The van der Waals surface area contributed by atoms with Crippen LogP contribution in [0.15, 0.2) is 29.2 Å².